The molecule has 18 heavy (non-hydrogen) atoms. The molecule has 0 saturated heterocycles. The molecule has 0 fully saturated rings. The van der Waals surface area contributed by atoms with Gasteiger partial charge in [0.1, 0.15) is 0 Å². The maximum atomic E-state index is 11.8. The molecular weight excluding hydrogens is 228 g/mol. The average molecular weight is 240 g/mol. The Bertz CT molecular complexity index is 609. The summed E-state index contributed by atoms with van der Waals surface area (Å²) < 4.78 is 1.57. The Morgan fingerprint density at radius 1 is 1.56 bits per heavy atom. The second-order valence-corrected chi connectivity index (χ2v) is 3.90. The second-order valence-electron chi connectivity index (χ2n) is 3.90. The minimum atomic E-state index is -0.175. The van der Waals surface area contributed by atoms with Gasteiger partial charge in [-0.3, -0.25) is 9.48 Å². The Morgan fingerprint density at radius 3 is 3.06 bits per heavy atom. The predicted octanol–water partition coefficient (Wildman–Crippen LogP) is 1.22. The fraction of sp³-hybridized carbons (Fsp3) is 0.154. The summed E-state index contributed by atoms with van der Waals surface area (Å²) in [5, 5.41) is 15.5. The van der Waals surface area contributed by atoms with Crippen LogP contribution in [0.25, 0.3) is 0 Å². The number of amides is 1. The van der Waals surface area contributed by atoms with Gasteiger partial charge in [0.15, 0.2) is 0 Å². The molecular formula is C13H12N4O. The first-order chi connectivity index (χ1) is 8.69. The molecule has 2 rings (SSSR count). The third kappa shape index (κ3) is 2.74. The smallest absolute Gasteiger partial charge is 0.254 e. The van der Waals surface area contributed by atoms with Gasteiger partial charge in [-0.15, -0.1) is 0 Å². The number of nitrogens with one attached hydrogen (secondary N) is 1. The van der Waals surface area contributed by atoms with E-state index in [0.717, 1.165) is 5.56 Å². The Labute approximate surface area is 105 Å². The van der Waals surface area contributed by atoms with E-state index in [1.54, 1.807) is 36.1 Å². The topological polar surface area (TPSA) is 70.7 Å². The fourth-order valence-electron chi connectivity index (χ4n) is 1.57. The molecule has 0 aliphatic carbocycles. The average Bonchev–Trinajstić information content (AvgIpc) is 2.83. The number of aromatic nitrogens is 2. The molecule has 90 valence electrons. The molecule has 1 aromatic heterocycles. The Hall–Kier alpha value is -2.61. The molecule has 1 N–H and O–H groups in total. The number of hydrogen-bond donors (Lipinski definition) is 1. The largest absolute Gasteiger partial charge is 0.348 e. The van der Waals surface area contributed by atoms with Crippen LogP contribution < -0.4 is 5.32 Å². The zero-order chi connectivity index (χ0) is 13.0. The van der Waals surface area contributed by atoms with Gasteiger partial charge in [-0.05, 0) is 17.7 Å². The maximum Gasteiger partial charge on any atom is 0.254 e. The van der Waals surface area contributed by atoms with Gasteiger partial charge in [-0.2, -0.15) is 10.4 Å². The molecule has 0 aliphatic rings. The number of nitrogens with zero attached hydrogens (tertiary/aromatic N) is 3. The third-order valence-corrected chi connectivity index (χ3v) is 2.48. The molecule has 5 nitrogen and oxygen atoms in total. The number of rotatable bonds is 3. The summed E-state index contributed by atoms with van der Waals surface area (Å²) in [4.78, 5) is 11.8. The van der Waals surface area contributed by atoms with E-state index in [0.29, 0.717) is 17.7 Å². The summed E-state index contributed by atoms with van der Waals surface area (Å²) in [6.45, 7) is 0.392. The zero-order valence-electron chi connectivity index (χ0n) is 9.92. The highest BCUT2D eigenvalue weighted by Gasteiger charge is 2.07. The van der Waals surface area contributed by atoms with Crippen LogP contribution in [0, 0.1) is 11.3 Å². The highest BCUT2D eigenvalue weighted by atomic mass is 16.1. The lowest BCUT2D eigenvalue weighted by molar-refractivity contribution is 0.0951. The second kappa shape index (κ2) is 5.15. The van der Waals surface area contributed by atoms with Gasteiger partial charge in [0.2, 0.25) is 0 Å². The van der Waals surface area contributed by atoms with Crippen molar-refractivity contribution < 1.29 is 4.79 Å². The van der Waals surface area contributed by atoms with Crippen LogP contribution in [0.2, 0.25) is 0 Å². The van der Waals surface area contributed by atoms with Crippen molar-refractivity contribution in [1.82, 2.24) is 15.1 Å². The van der Waals surface area contributed by atoms with E-state index in [9.17, 15) is 4.79 Å². The minimum Gasteiger partial charge on any atom is -0.348 e. The Balaban J connectivity index is 1.99. The lowest BCUT2D eigenvalue weighted by Gasteiger charge is -2.03. The zero-order valence-corrected chi connectivity index (χ0v) is 9.92. The quantitative estimate of drug-likeness (QED) is 0.876. The van der Waals surface area contributed by atoms with E-state index in [4.69, 9.17) is 5.26 Å². The van der Waals surface area contributed by atoms with Crippen molar-refractivity contribution in [3.05, 3.63) is 53.3 Å². The van der Waals surface area contributed by atoms with Crippen molar-refractivity contribution in [3.8, 4) is 6.07 Å². The molecule has 1 heterocycles. The Kier molecular flexibility index (Phi) is 3.39. The number of hydrogen-bond acceptors (Lipinski definition) is 3. The first kappa shape index (κ1) is 11.9. The summed E-state index contributed by atoms with van der Waals surface area (Å²) >= 11 is 0. The molecule has 0 bridgehead atoms. The van der Waals surface area contributed by atoms with E-state index >= 15 is 0 Å². The Morgan fingerprint density at radius 2 is 2.39 bits per heavy atom. The van der Waals surface area contributed by atoms with Crippen LogP contribution in [-0.2, 0) is 13.6 Å². The van der Waals surface area contributed by atoms with Gasteiger partial charge in [-0.25, -0.2) is 0 Å². The SMILES string of the molecule is Cn1cc(C(=O)NCc2cccc(C#N)c2)cn1. The first-order valence-electron chi connectivity index (χ1n) is 5.45. The van der Waals surface area contributed by atoms with Crippen LogP contribution in [0.4, 0.5) is 0 Å². The maximum absolute atomic E-state index is 11.8. The van der Waals surface area contributed by atoms with Gasteiger partial charge in [0.25, 0.3) is 5.91 Å². The van der Waals surface area contributed by atoms with Gasteiger partial charge in [0.05, 0.1) is 23.4 Å². The third-order valence-electron chi connectivity index (χ3n) is 2.48. The van der Waals surface area contributed by atoms with Crippen molar-refractivity contribution >= 4 is 5.91 Å². The first-order valence-corrected chi connectivity index (χ1v) is 5.45. The van der Waals surface area contributed by atoms with Crippen LogP contribution in [0.1, 0.15) is 21.5 Å². The summed E-state index contributed by atoms with van der Waals surface area (Å²) in [6.07, 6.45) is 3.17. The fourth-order valence-corrected chi connectivity index (χ4v) is 1.57. The van der Waals surface area contributed by atoms with E-state index in [1.807, 2.05) is 6.07 Å². The highest BCUT2D eigenvalue weighted by molar-refractivity contribution is 5.93. The van der Waals surface area contributed by atoms with Crippen LogP contribution >= 0.6 is 0 Å². The van der Waals surface area contributed by atoms with Crippen molar-refractivity contribution in [2.24, 2.45) is 7.05 Å². The van der Waals surface area contributed by atoms with E-state index in [1.165, 1.54) is 6.20 Å². The molecule has 0 saturated carbocycles. The minimum absolute atomic E-state index is 0.175. The number of carbonyl (C=O) groups excluding carboxylic acids is 1. The molecule has 1 aromatic carbocycles. The van der Waals surface area contributed by atoms with E-state index in [-0.39, 0.29) is 5.91 Å². The summed E-state index contributed by atoms with van der Waals surface area (Å²) in [5.74, 6) is -0.175. The number of carbonyl (C=O) groups is 1. The number of aryl methyl sites for hydroxylation is 1. The van der Waals surface area contributed by atoms with Crippen LogP contribution in [0.3, 0.4) is 0 Å². The normalized spacial score (nSPS) is 9.78. The standard InChI is InChI=1S/C13H12N4O/c1-17-9-12(8-16-17)13(18)15-7-11-4-2-3-10(5-11)6-14/h2-5,8-9H,7H2,1H3,(H,15,18). The van der Waals surface area contributed by atoms with Crippen molar-refractivity contribution in [1.29, 1.82) is 5.26 Å². The summed E-state index contributed by atoms with van der Waals surface area (Å²) in [7, 11) is 1.76. The van der Waals surface area contributed by atoms with Gasteiger partial charge >= 0.3 is 0 Å². The molecule has 1 amide bonds. The molecule has 0 spiro atoms. The van der Waals surface area contributed by atoms with E-state index in [2.05, 4.69) is 16.5 Å². The molecule has 0 radical (unpaired) electrons. The van der Waals surface area contributed by atoms with Gasteiger partial charge in [-0.1, -0.05) is 12.1 Å². The highest BCUT2D eigenvalue weighted by Crippen LogP contribution is 2.04. The van der Waals surface area contributed by atoms with Gasteiger partial charge in [0, 0.05) is 19.8 Å². The number of nitriles is 1. The lowest BCUT2D eigenvalue weighted by atomic mass is 10.1. The predicted molar refractivity (Wildman–Crippen MR) is 65.5 cm³/mol. The van der Waals surface area contributed by atoms with E-state index < -0.39 is 0 Å². The summed E-state index contributed by atoms with van der Waals surface area (Å²) in [5.41, 5.74) is 2.00. The molecule has 0 unspecified atom stereocenters. The van der Waals surface area contributed by atoms with Crippen LogP contribution in [-0.4, -0.2) is 15.7 Å². The monoisotopic (exact) mass is 240 g/mol. The molecule has 2 aromatic rings. The van der Waals surface area contributed by atoms with Gasteiger partial charge < -0.3 is 5.32 Å². The molecule has 5 heteroatoms. The number of benzene rings is 1. The summed E-state index contributed by atoms with van der Waals surface area (Å²) in [6, 6.07) is 9.21. The molecule has 0 aliphatic heterocycles. The van der Waals surface area contributed by atoms with Crippen molar-refractivity contribution in [2.45, 2.75) is 6.54 Å². The van der Waals surface area contributed by atoms with Crippen molar-refractivity contribution in [3.63, 3.8) is 0 Å². The van der Waals surface area contributed by atoms with Crippen LogP contribution in [0.5, 0.6) is 0 Å². The molecule has 0 atom stereocenters. The van der Waals surface area contributed by atoms with Crippen LogP contribution in [0.15, 0.2) is 36.7 Å². The lowest BCUT2D eigenvalue weighted by Crippen LogP contribution is -2.22. The van der Waals surface area contributed by atoms with Crippen molar-refractivity contribution in [2.75, 3.05) is 0 Å².